The third-order valence-corrected chi connectivity index (χ3v) is 3.15. The van der Waals surface area contributed by atoms with Crippen molar-refractivity contribution in [3.05, 3.63) is 39.5 Å². The van der Waals surface area contributed by atoms with Gasteiger partial charge in [0.05, 0.1) is 5.02 Å². The van der Waals surface area contributed by atoms with E-state index in [-0.39, 0.29) is 5.52 Å². The van der Waals surface area contributed by atoms with Gasteiger partial charge < -0.3 is 0 Å². The Morgan fingerprint density at radius 1 is 1.29 bits per heavy atom. The average molecular weight is 278 g/mol. The van der Waals surface area contributed by atoms with Gasteiger partial charge in [-0.1, -0.05) is 11.6 Å². The third-order valence-electron chi connectivity index (χ3n) is 1.78. The Balaban J connectivity index is 2.95. The van der Waals surface area contributed by atoms with Gasteiger partial charge in [-0.3, -0.25) is 4.98 Å². The number of hydrogen-bond acceptors (Lipinski definition) is 1. The van der Waals surface area contributed by atoms with Crippen molar-refractivity contribution >= 4 is 38.4 Å². The second-order valence-corrected chi connectivity index (χ2v) is 3.90. The van der Waals surface area contributed by atoms with E-state index in [1.165, 1.54) is 12.3 Å². The van der Waals surface area contributed by atoms with Crippen LogP contribution in [0.4, 0.5) is 8.78 Å². The minimum atomic E-state index is -0.697. The lowest BCUT2D eigenvalue weighted by Gasteiger charge is -2.02. The van der Waals surface area contributed by atoms with Crippen molar-refractivity contribution in [2.24, 2.45) is 0 Å². The van der Waals surface area contributed by atoms with Crippen LogP contribution in [-0.4, -0.2) is 4.98 Å². The molecule has 0 aliphatic rings. The first kappa shape index (κ1) is 9.80. The molecule has 0 atom stereocenters. The van der Waals surface area contributed by atoms with Gasteiger partial charge in [0.1, 0.15) is 11.3 Å². The monoisotopic (exact) mass is 277 g/mol. The summed E-state index contributed by atoms with van der Waals surface area (Å²) in [6.07, 6.45) is 1.31. The molecular weight excluding hydrogens is 275 g/mol. The molecule has 1 aromatic heterocycles. The van der Waals surface area contributed by atoms with Crippen LogP contribution in [-0.2, 0) is 0 Å². The lowest BCUT2D eigenvalue weighted by molar-refractivity contribution is 0.590. The Morgan fingerprint density at radius 3 is 2.71 bits per heavy atom. The molecule has 0 aliphatic carbocycles. The summed E-state index contributed by atoms with van der Waals surface area (Å²) >= 11 is 8.88. The molecule has 0 aliphatic heterocycles. The van der Waals surface area contributed by atoms with Gasteiger partial charge in [-0.15, -0.1) is 0 Å². The molecule has 0 spiro atoms. The van der Waals surface area contributed by atoms with E-state index in [0.29, 0.717) is 14.9 Å². The van der Waals surface area contributed by atoms with Gasteiger partial charge in [0.25, 0.3) is 0 Å². The first-order chi connectivity index (χ1) is 6.59. The summed E-state index contributed by atoms with van der Waals surface area (Å²) in [5, 5.41) is 0.650. The Bertz CT molecular complexity index is 516. The van der Waals surface area contributed by atoms with E-state index in [1.807, 2.05) is 0 Å². The van der Waals surface area contributed by atoms with Gasteiger partial charge in [-0.2, -0.15) is 0 Å². The van der Waals surface area contributed by atoms with Gasteiger partial charge in [-0.25, -0.2) is 8.78 Å². The largest absolute Gasteiger partial charge is 0.252 e. The fourth-order valence-corrected chi connectivity index (χ4v) is 1.73. The van der Waals surface area contributed by atoms with Crippen LogP contribution >= 0.6 is 27.5 Å². The lowest BCUT2D eigenvalue weighted by atomic mass is 10.2. The number of benzene rings is 1. The number of nitrogens with zero attached hydrogens (tertiary/aromatic N) is 1. The number of halogens is 4. The van der Waals surface area contributed by atoms with Gasteiger partial charge in [0, 0.05) is 22.1 Å². The second kappa shape index (κ2) is 3.44. The number of fused-ring (bicyclic) bond motifs is 1. The molecule has 2 rings (SSSR count). The lowest BCUT2D eigenvalue weighted by Crippen LogP contribution is -1.88. The maximum Gasteiger partial charge on any atom is 0.152 e. The SMILES string of the molecule is Fc1cc(F)c2ncc(Cl)c(Br)c2c1. The Morgan fingerprint density at radius 2 is 2.00 bits per heavy atom. The number of hydrogen-bond donors (Lipinski definition) is 0. The summed E-state index contributed by atoms with van der Waals surface area (Å²) in [7, 11) is 0. The highest BCUT2D eigenvalue weighted by Crippen LogP contribution is 2.31. The molecule has 72 valence electrons. The van der Waals surface area contributed by atoms with Gasteiger partial charge in [0.2, 0.25) is 0 Å². The van der Waals surface area contributed by atoms with Gasteiger partial charge >= 0.3 is 0 Å². The van der Waals surface area contributed by atoms with E-state index in [0.717, 1.165) is 6.07 Å². The zero-order chi connectivity index (χ0) is 10.3. The molecule has 1 heterocycles. The van der Waals surface area contributed by atoms with Crippen LogP contribution in [0.1, 0.15) is 0 Å². The zero-order valence-corrected chi connectivity index (χ0v) is 9.03. The van der Waals surface area contributed by atoms with Crippen molar-refractivity contribution in [2.45, 2.75) is 0 Å². The van der Waals surface area contributed by atoms with Crippen molar-refractivity contribution < 1.29 is 8.78 Å². The Hall–Kier alpha value is -0.740. The van der Waals surface area contributed by atoms with Crippen LogP contribution in [0.3, 0.4) is 0 Å². The molecule has 0 N–H and O–H groups in total. The molecular formula is C9H3BrClF2N. The molecule has 0 bridgehead atoms. The molecule has 1 nitrogen and oxygen atoms in total. The summed E-state index contributed by atoms with van der Waals surface area (Å²) in [6.45, 7) is 0. The molecule has 5 heteroatoms. The highest BCUT2D eigenvalue weighted by atomic mass is 79.9. The first-order valence-electron chi connectivity index (χ1n) is 3.68. The molecule has 0 radical (unpaired) electrons. The van der Waals surface area contributed by atoms with Gasteiger partial charge in [0.15, 0.2) is 5.82 Å². The summed E-state index contributed by atoms with van der Waals surface area (Å²) in [5.41, 5.74) is 0.0997. The minimum absolute atomic E-state index is 0.0997. The van der Waals surface area contributed by atoms with Crippen LogP contribution in [0.15, 0.2) is 22.8 Å². The number of pyridine rings is 1. The normalized spacial score (nSPS) is 10.9. The predicted molar refractivity (Wildman–Crippen MR) is 54.4 cm³/mol. The second-order valence-electron chi connectivity index (χ2n) is 2.70. The fourth-order valence-electron chi connectivity index (χ4n) is 1.17. The molecule has 0 saturated carbocycles. The summed E-state index contributed by atoms with van der Waals surface area (Å²) in [6, 6.07) is 1.97. The van der Waals surface area contributed by atoms with Crippen LogP contribution in [0.2, 0.25) is 5.02 Å². The van der Waals surface area contributed by atoms with Crippen LogP contribution in [0.25, 0.3) is 10.9 Å². The van der Waals surface area contributed by atoms with E-state index >= 15 is 0 Å². The Kier molecular flexibility index (Phi) is 2.41. The van der Waals surface area contributed by atoms with Crippen molar-refractivity contribution in [3.63, 3.8) is 0 Å². The molecule has 2 aromatic rings. The van der Waals surface area contributed by atoms with E-state index in [2.05, 4.69) is 20.9 Å². The maximum atomic E-state index is 13.2. The van der Waals surface area contributed by atoms with Crippen LogP contribution in [0, 0.1) is 11.6 Å². The minimum Gasteiger partial charge on any atom is -0.252 e. The van der Waals surface area contributed by atoms with E-state index in [4.69, 9.17) is 11.6 Å². The zero-order valence-electron chi connectivity index (χ0n) is 6.69. The number of aromatic nitrogens is 1. The van der Waals surface area contributed by atoms with Crippen molar-refractivity contribution in [1.29, 1.82) is 0 Å². The van der Waals surface area contributed by atoms with E-state index in [9.17, 15) is 8.78 Å². The standard InChI is InChI=1S/C9H3BrClF2N/c10-8-5-1-4(12)2-7(13)9(5)14-3-6(8)11/h1-3H. The van der Waals surface area contributed by atoms with Crippen molar-refractivity contribution in [2.75, 3.05) is 0 Å². The van der Waals surface area contributed by atoms with E-state index in [1.54, 1.807) is 0 Å². The molecule has 0 unspecified atom stereocenters. The maximum absolute atomic E-state index is 13.2. The fraction of sp³-hybridized carbons (Fsp3) is 0. The van der Waals surface area contributed by atoms with E-state index < -0.39 is 11.6 Å². The molecule has 0 fully saturated rings. The molecule has 1 aromatic carbocycles. The molecule has 0 amide bonds. The predicted octanol–water partition coefficient (Wildman–Crippen LogP) is 3.93. The highest BCUT2D eigenvalue weighted by Gasteiger charge is 2.10. The summed E-state index contributed by atoms with van der Waals surface area (Å²) in [4.78, 5) is 3.78. The third kappa shape index (κ3) is 1.48. The number of rotatable bonds is 0. The molecule has 0 saturated heterocycles. The smallest absolute Gasteiger partial charge is 0.152 e. The highest BCUT2D eigenvalue weighted by molar-refractivity contribution is 9.10. The molecule has 14 heavy (non-hydrogen) atoms. The summed E-state index contributed by atoms with van der Waals surface area (Å²) in [5.74, 6) is -1.35. The Labute approximate surface area is 91.8 Å². The van der Waals surface area contributed by atoms with Crippen molar-refractivity contribution in [1.82, 2.24) is 4.98 Å². The van der Waals surface area contributed by atoms with Crippen molar-refractivity contribution in [3.8, 4) is 0 Å². The first-order valence-corrected chi connectivity index (χ1v) is 4.85. The summed E-state index contributed by atoms with van der Waals surface area (Å²) < 4.78 is 26.5. The van der Waals surface area contributed by atoms with Crippen LogP contribution < -0.4 is 0 Å². The topological polar surface area (TPSA) is 12.9 Å². The quantitative estimate of drug-likeness (QED) is 0.711. The van der Waals surface area contributed by atoms with Crippen LogP contribution in [0.5, 0.6) is 0 Å². The average Bonchev–Trinajstić information content (AvgIpc) is 2.12. The van der Waals surface area contributed by atoms with Gasteiger partial charge in [-0.05, 0) is 22.0 Å².